The van der Waals surface area contributed by atoms with Crippen molar-refractivity contribution in [1.29, 1.82) is 5.26 Å². The number of aromatic nitrogens is 2. The molecule has 0 bridgehead atoms. The quantitative estimate of drug-likeness (QED) is 0.897. The van der Waals surface area contributed by atoms with Crippen LogP contribution in [0.5, 0.6) is 5.75 Å². The van der Waals surface area contributed by atoms with Crippen molar-refractivity contribution in [3.8, 4) is 11.8 Å². The first-order valence-electron chi connectivity index (χ1n) is 5.50. The number of methoxy groups -OCH3 is 1. The summed E-state index contributed by atoms with van der Waals surface area (Å²) in [6.07, 6.45) is 0. The van der Waals surface area contributed by atoms with Crippen LogP contribution in [0.2, 0.25) is 0 Å². The van der Waals surface area contributed by atoms with E-state index in [2.05, 4.69) is 16.5 Å². The highest BCUT2D eigenvalue weighted by molar-refractivity contribution is 5.64. The second-order valence-electron chi connectivity index (χ2n) is 3.90. The average molecular weight is 242 g/mol. The van der Waals surface area contributed by atoms with Gasteiger partial charge >= 0.3 is 0 Å². The SMILES string of the molecule is COc1ccc(Nc2c(C#N)c(C)nn2C)cc1. The van der Waals surface area contributed by atoms with Gasteiger partial charge in [0.1, 0.15) is 23.2 Å². The molecule has 1 heterocycles. The van der Waals surface area contributed by atoms with Gasteiger partial charge in [-0.3, -0.25) is 4.68 Å². The van der Waals surface area contributed by atoms with Crippen molar-refractivity contribution < 1.29 is 4.74 Å². The third kappa shape index (κ3) is 2.13. The number of ether oxygens (including phenoxy) is 1. The molecule has 18 heavy (non-hydrogen) atoms. The number of rotatable bonds is 3. The summed E-state index contributed by atoms with van der Waals surface area (Å²) < 4.78 is 6.76. The van der Waals surface area contributed by atoms with Gasteiger partial charge in [0.25, 0.3) is 0 Å². The number of anilines is 2. The van der Waals surface area contributed by atoms with Gasteiger partial charge in [-0.2, -0.15) is 10.4 Å². The molecule has 0 fully saturated rings. The maximum absolute atomic E-state index is 9.11. The van der Waals surface area contributed by atoms with Crippen LogP contribution in [-0.4, -0.2) is 16.9 Å². The van der Waals surface area contributed by atoms with Crippen LogP contribution < -0.4 is 10.1 Å². The molecule has 0 aliphatic heterocycles. The van der Waals surface area contributed by atoms with Crippen molar-refractivity contribution in [2.75, 3.05) is 12.4 Å². The molecule has 5 nitrogen and oxygen atoms in total. The highest BCUT2D eigenvalue weighted by Gasteiger charge is 2.12. The zero-order valence-electron chi connectivity index (χ0n) is 10.6. The Hall–Kier alpha value is -2.48. The molecule has 5 heteroatoms. The smallest absolute Gasteiger partial charge is 0.146 e. The van der Waals surface area contributed by atoms with Gasteiger partial charge in [0.2, 0.25) is 0 Å². The van der Waals surface area contributed by atoms with Gasteiger partial charge in [0, 0.05) is 12.7 Å². The van der Waals surface area contributed by atoms with Gasteiger partial charge < -0.3 is 10.1 Å². The van der Waals surface area contributed by atoms with E-state index in [4.69, 9.17) is 10.00 Å². The number of hydrogen-bond acceptors (Lipinski definition) is 4. The van der Waals surface area contributed by atoms with E-state index in [-0.39, 0.29) is 0 Å². The number of nitrogens with zero attached hydrogens (tertiary/aromatic N) is 3. The number of nitrogens with one attached hydrogen (secondary N) is 1. The topological polar surface area (TPSA) is 62.9 Å². The van der Waals surface area contributed by atoms with Gasteiger partial charge in [0.15, 0.2) is 0 Å². The molecule has 0 unspecified atom stereocenters. The fraction of sp³-hybridized carbons (Fsp3) is 0.231. The van der Waals surface area contributed by atoms with Gasteiger partial charge in [-0.05, 0) is 31.2 Å². The fourth-order valence-electron chi connectivity index (χ4n) is 1.75. The Morgan fingerprint density at radius 1 is 1.33 bits per heavy atom. The molecule has 92 valence electrons. The summed E-state index contributed by atoms with van der Waals surface area (Å²) in [5, 5.41) is 16.5. The first-order valence-corrected chi connectivity index (χ1v) is 5.50. The molecular formula is C13H14N4O. The Kier molecular flexibility index (Phi) is 3.20. The maximum atomic E-state index is 9.11. The van der Waals surface area contributed by atoms with Crippen LogP contribution in [0.4, 0.5) is 11.5 Å². The van der Waals surface area contributed by atoms with Crippen LogP contribution in [0.1, 0.15) is 11.3 Å². The number of benzene rings is 1. The maximum Gasteiger partial charge on any atom is 0.146 e. The van der Waals surface area contributed by atoms with Crippen molar-refractivity contribution in [3.05, 3.63) is 35.5 Å². The lowest BCUT2D eigenvalue weighted by atomic mass is 10.2. The highest BCUT2D eigenvalue weighted by Crippen LogP contribution is 2.23. The summed E-state index contributed by atoms with van der Waals surface area (Å²) >= 11 is 0. The van der Waals surface area contributed by atoms with E-state index in [1.165, 1.54) is 0 Å². The Morgan fingerprint density at radius 3 is 2.56 bits per heavy atom. The van der Waals surface area contributed by atoms with Crippen molar-refractivity contribution in [2.24, 2.45) is 7.05 Å². The van der Waals surface area contributed by atoms with Crippen molar-refractivity contribution in [1.82, 2.24) is 9.78 Å². The largest absolute Gasteiger partial charge is 0.497 e. The molecular weight excluding hydrogens is 228 g/mol. The van der Waals surface area contributed by atoms with Crippen molar-refractivity contribution in [3.63, 3.8) is 0 Å². The molecule has 0 spiro atoms. The molecule has 0 saturated heterocycles. The molecule has 1 N–H and O–H groups in total. The number of hydrogen-bond donors (Lipinski definition) is 1. The minimum Gasteiger partial charge on any atom is -0.497 e. The molecule has 0 aliphatic rings. The second-order valence-corrected chi connectivity index (χ2v) is 3.90. The van der Waals surface area contributed by atoms with E-state index >= 15 is 0 Å². The lowest BCUT2D eigenvalue weighted by Gasteiger charge is -2.07. The third-order valence-electron chi connectivity index (χ3n) is 2.69. The summed E-state index contributed by atoms with van der Waals surface area (Å²) in [7, 11) is 3.43. The molecule has 1 aromatic heterocycles. The Labute approximate surface area is 106 Å². The predicted octanol–water partition coefficient (Wildman–Crippen LogP) is 2.35. The van der Waals surface area contributed by atoms with Gasteiger partial charge in [0.05, 0.1) is 12.8 Å². The van der Waals surface area contributed by atoms with E-state index in [9.17, 15) is 0 Å². The van der Waals surface area contributed by atoms with Crippen molar-refractivity contribution in [2.45, 2.75) is 6.92 Å². The van der Waals surface area contributed by atoms with Crippen LogP contribution >= 0.6 is 0 Å². The number of aryl methyl sites for hydroxylation is 2. The van der Waals surface area contributed by atoms with Crippen LogP contribution in [0, 0.1) is 18.3 Å². The summed E-state index contributed by atoms with van der Waals surface area (Å²) in [4.78, 5) is 0. The average Bonchev–Trinajstić information content (AvgIpc) is 2.64. The zero-order valence-corrected chi connectivity index (χ0v) is 10.6. The Bertz CT molecular complexity index is 593. The molecule has 2 aromatic rings. The molecule has 0 aliphatic carbocycles. The van der Waals surface area contributed by atoms with Gasteiger partial charge in [-0.15, -0.1) is 0 Å². The highest BCUT2D eigenvalue weighted by atomic mass is 16.5. The molecule has 0 atom stereocenters. The van der Waals surface area contributed by atoms with Crippen LogP contribution in [0.15, 0.2) is 24.3 Å². The Balaban J connectivity index is 2.31. The molecule has 0 amide bonds. The summed E-state index contributed by atoms with van der Waals surface area (Å²) in [6.45, 7) is 1.82. The van der Waals surface area contributed by atoms with E-state index in [1.807, 2.05) is 31.2 Å². The normalized spacial score (nSPS) is 9.89. The first-order chi connectivity index (χ1) is 8.65. The van der Waals surface area contributed by atoms with E-state index in [1.54, 1.807) is 18.8 Å². The second kappa shape index (κ2) is 4.80. The molecule has 2 rings (SSSR count). The van der Waals surface area contributed by atoms with Crippen LogP contribution in [-0.2, 0) is 7.05 Å². The molecule has 1 aromatic carbocycles. The zero-order chi connectivity index (χ0) is 13.1. The minimum absolute atomic E-state index is 0.563. The summed E-state index contributed by atoms with van der Waals surface area (Å²) in [5.74, 6) is 1.49. The first kappa shape index (κ1) is 12.0. The van der Waals surface area contributed by atoms with Crippen molar-refractivity contribution >= 4 is 11.5 Å². The van der Waals surface area contributed by atoms with Gasteiger partial charge in [-0.25, -0.2) is 0 Å². The summed E-state index contributed by atoms with van der Waals surface area (Å²) in [5.41, 5.74) is 2.17. The van der Waals surface area contributed by atoms with Crippen LogP contribution in [0.3, 0.4) is 0 Å². The Morgan fingerprint density at radius 2 is 2.00 bits per heavy atom. The third-order valence-corrected chi connectivity index (χ3v) is 2.69. The lowest BCUT2D eigenvalue weighted by molar-refractivity contribution is 0.415. The monoisotopic (exact) mass is 242 g/mol. The van der Waals surface area contributed by atoms with E-state index in [0.717, 1.165) is 17.1 Å². The fourth-order valence-corrected chi connectivity index (χ4v) is 1.75. The summed E-state index contributed by atoms with van der Waals surface area (Å²) in [6, 6.07) is 9.66. The predicted molar refractivity (Wildman–Crippen MR) is 68.9 cm³/mol. The minimum atomic E-state index is 0.563. The molecule has 0 saturated carbocycles. The van der Waals surface area contributed by atoms with Crippen LogP contribution in [0.25, 0.3) is 0 Å². The van der Waals surface area contributed by atoms with E-state index < -0.39 is 0 Å². The lowest BCUT2D eigenvalue weighted by Crippen LogP contribution is -2.00. The van der Waals surface area contributed by atoms with E-state index in [0.29, 0.717) is 11.4 Å². The number of nitriles is 1. The molecule has 0 radical (unpaired) electrons. The standard InChI is InChI=1S/C13H14N4O/c1-9-12(8-14)13(17(2)16-9)15-10-4-6-11(18-3)7-5-10/h4-7,15H,1-3H3. The van der Waals surface area contributed by atoms with Gasteiger partial charge in [-0.1, -0.05) is 0 Å².